The molecule has 0 spiro atoms. The first-order valence-electron chi connectivity index (χ1n) is 9.00. The molecule has 0 aromatic heterocycles. The Morgan fingerprint density at radius 1 is 1.15 bits per heavy atom. The fraction of sp³-hybridized carbons (Fsp3) is 0.600. The zero-order valence-corrected chi connectivity index (χ0v) is 16.2. The van der Waals surface area contributed by atoms with Crippen molar-refractivity contribution in [3.8, 4) is 11.5 Å². The molecule has 2 unspecified atom stereocenters. The molecule has 142 valence electrons. The van der Waals surface area contributed by atoms with Gasteiger partial charge in [-0.1, -0.05) is 20.8 Å². The highest BCUT2D eigenvalue weighted by Crippen LogP contribution is 2.52. The van der Waals surface area contributed by atoms with Crippen LogP contribution in [0.3, 0.4) is 0 Å². The van der Waals surface area contributed by atoms with Crippen molar-refractivity contribution in [2.45, 2.75) is 46.1 Å². The lowest BCUT2D eigenvalue weighted by atomic mass is 9.65. The molecule has 1 N–H and O–H groups in total. The zero-order valence-electron chi connectivity index (χ0n) is 16.2. The Kier molecular flexibility index (Phi) is 4.63. The maximum atomic E-state index is 12.8. The predicted octanol–water partition coefficient (Wildman–Crippen LogP) is 3.07. The fourth-order valence-corrected chi connectivity index (χ4v) is 4.91. The number of rotatable bonds is 3. The lowest BCUT2D eigenvalue weighted by molar-refractivity contribution is -0.144. The average molecular weight is 360 g/mol. The van der Waals surface area contributed by atoms with E-state index in [9.17, 15) is 9.59 Å². The topological polar surface area (TPSA) is 67.9 Å². The molecule has 2 aliphatic rings. The summed E-state index contributed by atoms with van der Waals surface area (Å²) in [7, 11) is 3.07. The third kappa shape index (κ3) is 3.50. The first-order valence-corrected chi connectivity index (χ1v) is 9.00. The molecule has 2 atom stereocenters. The first kappa shape index (κ1) is 18.5. The minimum atomic E-state index is -0.623. The summed E-state index contributed by atoms with van der Waals surface area (Å²) in [6.07, 6.45) is 2.99. The number of hydrogen-bond donors (Lipinski definition) is 1. The SMILES string of the molecule is COc1ccc(NC(=O)C(=O)N2CC3(C)CC2CC(C)(C)C3)c(OC)c1. The van der Waals surface area contributed by atoms with Gasteiger partial charge in [0.2, 0.25) is 0 Å². The summed E-state index contributed by atoms with van der Waals surface area (Å²) in [6.45, 7) is 7.35. The van der Waals surface area contributed by atoms with Crippen molar-refractivity contribution in [2.24, 2.45) is 10.8 Å². The largest absolute Gasteiger partial charge is 0.497 e. The summed E-state index contributed by atoms with van der Waals surface area (Å²) in [5, 5.41) is 2.69. The van der Waals surface area contributed by atoms with E-state index in [0.717, 1.165) is 19.3 Å². The van der Waals surface area contributed by atoms with Gasteiger partial charge in [0.05, 0.1) is 19.9 Å². The van der Waals surface area contributed by atoms with Gasteiger partial charge in [0.25, 0.3) is 0 Å². The molecule has 1 aromatic carbocycles. The second kappa shape index (κ2) is 6.49. The van der Waals surface area contributed by atoms with Gasteiger partial charge >= 0.3 is 11.8 Å². The van der Waals surface area contributed by atoms with E-state index in [1.165, 1.54) is 7.11 Å². The number of fused-ring (bicyclic) bond motifs is 2. The van der Waals surface area contributed by atoms with Crippen LogP contribution < -0.4 is 14.8 Å². The van der Waals surface area contributed by atoms with Crippen LogP contribution in [-0.4, -0.2) is 43.5 Å². The van der Waals surface area contributed by atoms with E-state index >= 15 is 0 Å². The van der Waals surface area contributed by atoms with Crippen LogP contribution in [0.1, 0.15) is 40.0 Å². The van der Waals surface area contributed by atoms with Gasteiger partial charge in [-0.15, -0.1) is 0 Å². The third-order valence-electron chi connectivity index (χ3n) is 5.53. The van der Waals surface area contributed by atoms with Gasteiger partial charge in [0, 0.05) is 18.7 Å². The number of amides is 2. The Morgan fingerprint density at radius 2 is 1.88 bits per heavy atom. The monoisotopic (exact) mass is 360 g/mol. The third-order valence-corrected chi connectivity index (χ3v) is 5.53. The normalized spacial score (nSPS) is 26.3. The van der Waals surface area contributed by atoms with Crippen molar-refractivity contribution in [1.82, 2.24) is 4.90 Å². The van der Waals surface area contributed by atoms with E-state index in [1.54, 1.807) is 30.2 Å². The highest BCUT2D eigenvalue weighted by atomic mass is 16.5. The van der Waals surface area contributed by atoms with E-state index in [0.29, 0.717) is 23.7 Å². The minimum Gasteiger partial charge on any atom is -0.497 e. The molecule has 1 saturated heterocycles. The standard InChI is InChI=1S/C20H28N2O4/c1-19(2)9-13-10-20(3,11-19)12-22(13)18(24)17(23)21-15-7-6-14(25-4)8-16(15)26-5/h6-8,13H,9-12H2,1-5H3,(H,21,23). The molecule has 2 amide bonds. The number of likely N-dealkylation sites (tertiary alicyclic amines) is 1. The number of carbonyl (C=O) groups excluding carboxylic acids is 2. The number of benzene rings is 1. The molecule has 1 aliphatic carbocycles. The van der Waals surface area contributed by atoms with Gasteiger partial charge in [-0.2, -0.15) is 0 Å². The summed E-state index contributed by atoms with van der Waals surface area (Å²) < 4.78 is 10.4. The molecule has 1 aromatic rings. The second-order valence-corrected chi connectivity index (χ2v) is 8.67. The minimum absolute atomic E-state index is 0.0974. The number of hydrogen-bond acceptors (Lipinski definition) is 4. The maximum Gasteiger partial charge on any atom is 0.314 e. The van der Waals surface area contributed by atoms with Crippen molar-refractivity contribution < 1.29 is 19.1 Å². The van der Waals surface area contributed by atoms with Crippen LogP contribution in [0.2, 0.25) is 0 Å². The second-order valence-electron chi connectivity index (χ2n) is 8.67. The molecule has 2 fully saturated rings. The van der Waals surface area contributed by atoms with Crippen LogP contribution >= 0.6 is 0 Å². The number of nitrogens with zero attached hydrogens (tertiary/aromatic N) is 1. The molecule has 2 bridgehead atoms. The van der Waals surface area contributed by atoms with Crippen LogP contribution in [0.5, 0.6) is 11.5 Å². The molecule has 6 heteroatoms. The Balaban J connectivity index is 1.74. The maximum absolute atomic E-state index is 12.8. The Morgan fingerprint density at radius 3 is 2.54 bits per heavy atom. The van der Waals surface area contributed by atoms with E-state index in [4.69, 9.17) is 9.47 Å². The van der Waals surface area contributed by atoms with Gasteiger partial charge in [0.15, 0.2) is 0 Å². The van der Waals surface area contributed by atoms with Crippen molar-refractivity contribution in [1.29, 1.82) is 0 Å². The lowest BCUT2D eigenvalue weighted by Crippen LogP contribution is -2.43. The van der Waals surface area contributed by atoms with Gasteiger partial charge in [-0.25, -0.2) is 0 Å². The van der Waals surface area contributed by atoms with Crippen LogP contribution in [0.15, 0.2) is 18.2 Å². The Bertz CT molecular complexity index is 731. The summed E-state index contributed by atoms with van der Waals surface area (Å²) in [5.41, 5.74) is 0.753. The zero-order chi connectivity index (χ0) is 19.1. The molecule has 3 rings (SSSR count). The summed E-state index contributed by atoms with van der Waals surface area (Å²) in [6, 6.07) is 5.21. The summed E-state index contributed by atoms with van der Waals surface area (Å²) >= 11 is 0. The summed E-state index contributed by atoms with van der Waals surface area (Å²) in [4.78, 5) is 27.2. The smallest absolute Gasteiger partial charge is 0.314 e. The van der Waals surface area contributed by atoms with Crippen molar-refractivity contribution in [2.75, 3.05) is 26.1 Å². The predicted molar refractivity (Wildman–Crippen MR) is 99.4 cm³/mol. The van der Waals surface area contributed by atoms with E-state index in [-0.39, 0.29) is 16.9 Å². The molecule has 1 saturated carbocycles. The van der Waals surface area contributed by atoms with Crippen molar-refractivity contribution in [3.05, 3.63) is 18.2 Å². The van der Waals surface area contributed by atoms with Crippen LogP contribution in [0, 0.1) is 10.8 Å². The molecule has 6 nitrogen and oxygen atoms in total. The van der Waals surface area contributed by atoms with Crippen LogP contribution in [-0.2, 0) is 9.59 Å². The van der Waals surface area contributed by atoms with Gasteiger partial charge in [-0.3, -0.25) is 9.59 Å². The quantitative estimate of drug-likeness (QED) is 0.841. The number of methoxy groups -OCH3 is 2. The molecule has 0 radical (unpaired) electrons. The van der Waals surface area contributed by atoms with E-state index in [1.807, 2.05) is 0 Å². The lowest BCUT2D eigenvalue weighted by Gasteiger charge is -2.39. The molecule has 1 aliphatic heterocycles. The van der Waals surface area contributed by atoms with E-state index < -0.39 is 11.8 Å². The number of anilines is 1. The molecular formula is C20H28N2O4. The molecule has 1 heterocycles. The Hall–Kier alpha value is -2.24. The van der Waals surface area contributed by atoms with Crippen LogP contribution in [0.4, 0.5) is 5.69 Å². The van der Waals surface area contributed by atoms with Crippen molar-refractivity contribution in [3.63, 3.8) is 0 Å². The summed E-state index contributed by atoms with van der Waals surface area (Å²) in [5.74, 6) is -0.00912. The van der Waals surface area contributed by atoms with Gasteiger partial charge in [-0.05, 0) is 42.2 Å². The van der Waals surface area contributed by atoms with Gasteiger partial charge in [0.1, 0.15) is 11.5 Å². The van der Waals surface area contributed by atoms with Crippen molar-refractivity contribution >= 4 is 17.5 Å². The van der Waals surface area contributed by atoms with E-state index in [2.05, 4.69) is 26.1 Å². The Labute approximate surface area is 154 Å². The highest BCUT2D eigenvalue weighted by Gasteiger charge is 2.51. The van der Waals surface area contributed by atoms with Crippen LogP contribution in [0.25, 0.3) is 0 Å². The van der Waals surface area contributed by atoms with Gasteiger partial charge < -0.3 is 19.7 Å². The fourth-order valence-electron chi connectivity index (χ4n) is 4.91. The molecular weight excluding hydrogens is 332 g/mol. The molecule has 26 heavy (non-hydrogen) atoms. The number of carbonyl (C=O) groups is 2. The highest BCUT2D eigenvalue weighted by molar-refractivity contribution is 6.39. The number of ether oxygens (including phenoxy) is 2. The average Bonchev–Trinajstić information content (AvgIpc) is 2.83. The first-order chi connectivity index (χ1) is 12.2. The number of nitrogens with one attached hydrogen (secondary N) is 1.